The summed E-state index contributed by atoms with van der Waals surface area (Å²) in [4.78, 5) is 12.3. The maximum atomic E-state index is 12.3. The number of nitrogens with one attached hydrogen (secondary N) is 1. The van der Waals surface area contributed by atoms with Crippen LogP contribution in [0.2, 0.25) is 0 Å². The van der Waals surface area contributed by atoms with E-state index >= 15 is 0 Å². The Balaban J connectivity index is 1.71. The van der Waals surface area contributed by atoms with Gasteiger partial charge in [-0.1, -0.05) is 18.6 Å². The van der Waals surface area contributed by atoms with E-state index in [-0.39, 0.29) is 5.91 Å². The number of fused-ring (bicyclic) bond motifs is 2. The quantitative estimate of drug-likeness (QED) is 0.889. The number of hydrogen-bond acceptors (Lipinski definition) is 2. The van der Waals surface area contributed by atoms with Crippen LogP contribution in [0.15, 0.2) is 24.3 Å². The van der Waals surface area contributed by atoms with E-state index in [9.17, 15) is 4.79 Å². The monoisotopic (exact) mass is 245 g/mol. The zero-order chi connectivity index (χ0) is 12.5. The first-order chi connectivity index (χ1) is 8.78. The molecule has 96 valence electrons. The summed E-state index contributed by atoms with van der Waals surface area (Å²) in [5.41, 5.74) is 0.641. The number of amides is 1. The van der Waals surface area contributed by atoms with Crippen molar-refractivity contribution in [2.24, 2.45) is 11.8 Å². The Morgan fingerprint density at radius 2 is 2.11 bits per heavy atom. The molecule has 1 N–H and O–H groups in total. The molecular formula is C15H19NO2. The van der Waals surface area contributed by atoms with Crippen molar-refractivity contribution in [3.8, 4) is 5.75 Å². The van der Waals surface area contributed by atoms with Crippen LogP contribution >= 0.6 is 0 Å². The van der Waals surface area contributed by atoms with Crippen LogP contribution in [0, 0.1) is 11.8 Å². The molecule has 2 aliphatic rings. The van der Waals surface area contributed by atoms with E-state index in [1.54, 1.807) is 7.11 Å². The number of rotatable bonds is 3. The van der Waals surface area contributed by atoms with Crippen molar-refractivity contribution >= 4 is 5.91 Å². The molecule has 2 bridgehead atoms. The van der Waals surface area contributed by atoms with Crippen LogP contribution in [0.3, 0.4) is 0 Å². The van der Waals surface area contributed by atoms with Crippen LogP contribution in [-0.4, -0.2) is 19.1 Å². The van der Waals surface area contributed by atoms with E-state index in [0.29, 0.717) is 23.3 Å². The third-order valence-corrected chi connectivity index (χ3v) is 4.41. The molecule has 3 atom stereocenters. The Bertz CT molecular complexity index is 458. The summed E-state index contributed by atoms with van der Waals surface area (Å²) in [6.45, 7) is 0. The van der Waals surface area contributed by atoms with E-state index in [0.717, 1.165) is 12.3 Å². The lowest BCUT2D eigenvalue weighted by atomic mass is 9.95. The first-order valence-corrected chi connectivity index (χ1v) is 6.72. The average molecular weight is 245 g/mol. The molecule has 1 aromatic rings. The summed E-state index contributed by atoms with van der Waals surface area (Å²) < 4.78 is 5.23. The van der Waals surface area contributed by atoms with Gasteiger partial charge in [0, 0.05) is 6.04 Å². The molecule has 0 radical (unpaired) electrons. The van der Waals surface area contributed by atoms with Gasteiger partial charge in [-0.2, -0.15) is 0 Å². The number of methoxy groups -OCH3 is 1. The SMILES string of the molecule is COc1ccccc1C(=O)N[C@H]1C[C@@H]2CC[C@@H]1C2. The van der Waals surface area contributed by atoms with Gasteiger partial charge in [0.05, 0.1) is 12.7 Å². The number of carbonyl (C=O) groups is 1. The maximum Gasteiger partial charge on any atom is 0.255 e. The highest BCUT2D eigenvalue weighted by Crippen LogP contribution is 2.44. The first-order valence-electron chi connectivity index (χ1n) is 6.72. The summed E-state index contributed by atoms with van der Waals surface area (Å²) >= 11 is 0. The second kappa shape index (κ2) is 4.63. The summed E-state index contributed by atoms with van der Waals surface area (Å²) in [7, 11) is 1.60. The molecule has 2 aliphatic carbocycles. The minimum atomic E-state index is 0.00463. The van der Waals surface area contributed by atoms with Crippen LogP contribution in [0.1, 0.15) is 36.0 Å². The van der Waals surface area contributed by atoms with Gasteiger partial charge in [0.15, 0.2) is 0 Å². The largest absolute Gasteiger partial charge is 0.496 e. The predicted octanol–water partition coefficient (Wildman–Crippen LogP) is 2.61. The minimum Gasteiger partial charge on any atom is -0.496 e. The number of ether oxygens (including phenoxy) is 1. The topological polar surface area (TPSA) is 38.3 Å². The summed E-state index contributed by atoms with van der Waals surface area (Å²) in [6.07, 6.45) is 5.09. The highest BCUT2D eigenvalue weighted by Gasteiger charge is 2.40. The molecule has 0 unspecified atom stereocenters. The lowest BCUT2D eigenvalue weighted by molar-refractivity contribution is 0.0920. The number of para-hydroxylation sites is 1. The highest BCUT2D eigenvalue weighted by molar-refractivity contribution is 5.97. The van der Waals surface area contributed by atoms with Gasteiger partial charge in [0.25, 0.3) is 5.91 Å². The molecule has 0 aliphatic heterocycles. The van der Waals surface area contributed by atoms with Gasteiger partial charge in [0.2, 0.25) is 0 Å². The molecule has 18 heavy (non-hydrogen) atoms. The molecule has 0 spiro atoms. The normalized spacial score (nSPS) is 29.3. The smallest absolute Gasteiger partial charge is 0.255 e. The second-order valence-corrected chi connectivity index (χ2v) is 5.46. The van der Waals surface area contributed by atoms with Crippen molar-refractivity contribution in [3.05, 3.63) is 29.8 Å². The molecule has 1 amide bonds. The molecule has 0 saturated heterocycles. The molecule has 3 nitrogen and oxygen atoms in total. The molecular weight excluding hydrogens is 226 g/mol. The molecule has 0 aromatic heterocycles. The molecule has 0 heterocycles. The Labute approximate surface area is 108 Å². The van der Waals surface area contributed by atoms with Gasteiger partial charge in [-0.05, 0) is 43.2 Å². The van der Waals surface area contributed by atoms with Crippen molar-refractivity contribution in [3.63, 3.8) is 0 Å². The van der Waals surface area contributed by atoms with Gasteiger partial charge in [-0.15, -0.1) is 0 Å². The fourth-order valence-electron chi connectivity index (χ4n) is 3.50. The summed E-state index contributed by atoms with van der Waals surface area (Å²) in [5.74, 6) is 2.20. The van der Waals surface area contributed by atoms with Gasteiger partial charge in [-0.3, -0.25) is 4.79 Å². The van der Waals surface area contributed by atoms with Gasteiger partial charge in [-0.25, -0.2) is 0 Å². The predicted molar refractivity (Wildman–Crippen MR) is 69.7 cm³/mol. The van der Waals surface area contributed by atoms with Crippen LogP contribution in [-0.2, 0) is 0 Å². The third-order valence-electron chi connectivity index (χ3n) is 4.41. The highest BCUT2D eigenvalue weighted by atomic mass is 16.5. The number of benzene rings is 1. The molecule has 2 fully saturated rings. The molecule has 1 aromatic carbocycles. The third kappa shape index (κ3) is 1.98. The van der Waals surface area contributed by atoms with Crippen molar-refractivity contribution in [1.29, 1.82) is 0 Å². The van der Waals surface area contributed by atoms with Crippen molar-refractivity contribution in [1.82, 2.24) is 5.32 Å². The maximum absolute atomic E-state index is 12.3. The fraction of sp³-hybridized carbons (Fsp3) is 0.533. The van der Waals surface area contributed by atoms with Crippen LogP contribution in [0.5, 0.6) is 5.75 Å². The Morgan fingerprint density at radius 1 is 1.28 bits per heavy atom. The standard InChI is InChI=1S/C15H19NO2/c1-18-14-5-3-2-4-12(14)15(17)16-13-9-10-6-7-11(13)8-10/h2-5,10-11,13H,6-9H2,1H3,(H,16,17)/t10-,11-,13+/m1/s1. The Morgan fingerprint density at radius 3 is 2.78 bits per heavy atom. The lowest BCUT2D eigenvalue weighted by Crippen LogP contribution is -2.38. The number of hydrogen-bond donors (Lipinski definition) is 1. The summed E-state index contributed by atoms with van der Waals surface area (Å²) in [6, 6.07) is 7.78. The zero-order valence-electron chi connectivity index (χ0n) is 10.7. The van der Waals surface area contributed by atoms with Crippen LogP contribution < -0.4 is 10.1 Å². The molecule has 2 saturated carbocycles. The Kier molecular flexibility index (Phi) is 2.98. The van der Waals surface area contributed by atoms with E-state index in [2.05, 4.69) is 5.32 Å². The minimum absolute atomic E-state index is 0.00463. The van der Waals surface area contributed by atoms with E-state index in [1.807, 2.05) is 24.3 Å². The summed E-state index contributed by atoms with van der Waals surface area (Å²) in [5, 5.41) is 3.18. The van der Waals surface area contributed by atoms with Crippen molar-refractivity contribution in [2.45, 2.75) is 31.7 Å². The van der Waals surface area contributed by atoms with Gasteiger partial charge in [0.1, 0.15) is 5.75 Å². The number of carbonyl (C=O) groups excluding carboxylic acids is 1. The lowest BCUT2D eigenvalue weighted by Gasteiger charge is -2.23. The zero-order valence-corrected chi connectivity index (χ0v) is 10.7. The second-order valence-electron chi connectivity index (χ2n) is 5.46. The van der Waals surface area contributed by atoms with Gasteiger partial charge < -0.3 is 10.1 Å². The first kappa shape index (κ1) is 11.6. The van der Waals surface area contributed by atoms with Crippen molar-refractivity contribution in [2.75, 3.05) is 7.11 Å². The average Bonchev–Trinajstić information content (AvgIpc) is 3.01. The fourth-order valence-corrected chi connectivity index (χ4v) is 3.50. The Hall–Kier alpha value is -1.51. The van der Waals surface area contributed by atoms with Gasteiger partial charge >= 0.3 is 0 Å². The van der Waals surface area contributed by atoms with E-state index in [1.165, 1.54) is 19.3 Å². The molecule has 3 rings (SSSR count). The molecule has 3 heteroatoms. The van der Waals surface area contributed by atoms with Crippen LogP contribution in [0.25, 0.3) is 0 Å². The van der Waals surface area contributed by atoms with Crippen molar-refractivity contribution < 1.29 is 9.53 Å². The van der Waals surface area contributed by atoms with Crippen LogP contribution in [0.4, 0.5) is 0 Å². The van der Waals surface area contributed by atoms with E-state index in [4.69, 9.17) is 4.74 Å². The van der Waals surface area contributed by atoms with E-state index < -0.39 is 0 Å².